The summed E-state index contributed by atoms with van der Waals surface area (Å²) in [7, 11) is 0. The van der Waals surface area contributed by atoms with Crippen LogP contribution >= 0.6 is 0 Å². The molecule has 0 spiro atoms. The Labute approximate surface area is 88.2 Å². The lowest BCUT2D eigenvalue weighted by molar-refractivity contribution is -0.140. The first-order valence-electron chi connectivity index (χ1n) is 4.63. The van der Waals surface area contributed by atoms with Gasteiger partial charge in [-0.25, -0.2) is 9.59 Å². The van der Waals surface area contributed by atoms with E-state index in [1.807, 2.05) is 0 Å². The van der Waals surface area contributed by atoms with Crippen LogP contribution in [0.1, 0.15) is 26.7 Å². The van der Waals surface area contributed by atoms with Crippen molar-refractivity contribution in [2.45, 2.75) is 37.8 Å². The predicted octanol–water partition coefficient (Wildman–Crippen LogP) is 0.315. The van der Waals surface area contributed by atoms with Crippen LogP contribution in [0.4, 0.5) is 4.79 Å². The van der Waals surface area contributed by atoms with Gasteiger partial charge in [0.1, 0.15) is 5.54 Å². The first-order valence-corrected chi connectivity index (χ1v) is 4.63. The summed E-state index contributed by atoms with van der Waals surface area (Å²) < 4.78 is 0. The number of aliphatic carboxylic acids is 1. The lowest BCUT2D eigenvalue weighted by Crippen LogP contribution is -2.53. The minimum atomic E-state index is -1.07. The summed E-state index contributed by atoms with van der Waals surface area (Å²) in [6.07, 6.45) is 6.11. The van der Waals surface area contributed by atoms with Crippen LogP contribution < -0.4 is 10.6 Å². The molecule has 5 heteroatoms. The Morgan fingerprint density at radius 3 is 2.33 bits per heavy atom. The summed E-state index contributed by atoms with van der Waals surface area (Å²) in [5.74, 6) is 1.38. The molecule has 0 saturated heterocycles. The minimum Gasteiger partial charge on any atom is -0.480 e. The van der Waals surface area contributed by atoms with E-state index in [-0.39, 0.29) is 0 Å². The highest BCUT2D eigenvalue weighted by Gasteiger charge is 2.51. The highest BCUT2D eigenvalue weighted by atomic mass is 16.4. The maximum Gasteiger partial charge on any atom is 0.329 e. The van der Waals surface area contributed by atoms with E-state index in [1.54, 1.807) is 13.8 Å². The van der Waals surface area contributed by atoms with Crippen LogP contribution in [-0.4, -0.2) is 28.2 Å². The number of amides is 2. The average molecular weight is 210 g/mol. The molecule has 0 bridgehead atoms. The maximum atomic E-state index is 11.4. The molecule has 0 heterocycles. The molecule has 0 unspecified atom stereocenters. The predicted molar refractivity (Wildman–Crippen MR) is 54.2 cm³/mol. The van der Waals surface area contributed by atoms with E-state index in [9.17, 15) is 9.59 Å². The Balaban J connectivity index is 2.52. The Bertz CT molecular complexity index is 337. The summed E-state index contributed by atoms with van der Waals surface area (Å²) in [5, 5.41) is 13.7. The van der Waals surface area contributed by atoms with Crippen LogP contribution in [0.2, 0.25) is 0 Å². The molecule has 5 nitrogen and oxygen atoms in total. The van der Waals surface area contributed by atoms with Crippen LogP contribution in [0.25, 0.3) is 0 Å². The number of urea groups is 1. The molecule has 0 aromatic carbocycles. The molecule has 1 rings (SSSR count). The first-order chi connectivity index (χ1) is 6.81. The Kier molecular flexibility index (Phi) is 2.63. The molecular weight excluding hydrogens is 196 g/mol. The second-order valence-corrected chi connectivity index (χ2v) is 4.24. The van der Waals surface area contributed by atoms with Gasteiger partial charge in [-0.05, 0) is 26.7 Å². The topological polar surface area (TPSA) is 78.4 Å². The average Bonchev–Trinajstić information content (AvgIpc) is 2.84. The lowest BCUT2D eigenvalue weighted by Gasteiger charge is -2.21. The third-order valence-electron chi connectivity index (χ3n) is 2.30. The van der Waals surface area contributed by atoms with Gasteiger partial charge in [0.15, 0.2) is 0 Å². The first kappa shape index (κ1) is 11.4. The number of carboxylic acids is 1. The van der Waals surface area contributed by atoms with Crippen molar-refractivity contribution in [3.8, 4) is 12.3 Å². The second-order valence-electron chi connectivity index (χ2n) is 4.24. The van der Waals surface area contributed by atoms with Crippen LogP contribution in [0, 0.1) is 12.3 Å². The molecule has 0 aromatic rings. The van der Waals surface area contributed by atoms with Crippen molar-refractivity contribution in [3.63, 3.8) is 0 Å². The number of rotatable bonds is 3. The van der Waals surface area contributed by atoms with Gasteiger partial charge < -0.3 is 15.7 Å². The zero-order chi connectivity index (χ0) is 11.7. The summed E-state index contributed by atoms with van der Waals surface area (Å²) in [4.78, 5) is 22.2. The van der Waals surface area contributed by atoms with Crippen molar-refractivity contribution >= 4 is 12.0 Å². The fourth-order valence-corrected chi connectivity index (χ4v) is 1.09. The van der Waals surface area contributed by atoms with Crippen molar-refractivity contribution < 1.29 is 14.7 Å². The molecule has 82 valence electrons. The highest BCUT2D eigenvalue weighted by Crippen LogP contribution is 2.35. The number of carboxylic acid groups (broad SMARTS) is 1. The van der Waals surface area contributed by atoms with Crippen LogP contribution in [-0.2, 0) is 4.79 Å². The number of carbonyl (C=O) groups is 2. The van der Waals surface area contributed by atoms with Gasteiger partial charge >= 0.3 is 12.0 Å². The van der Waals surface area contributed by atoms with Crippen molar-refractivity contribution in [3.05, 3.63) is 0 Å². The molecule has 3 N–H and O–H groups in total. The van der Waals surface area contributed by atoms with E-state index < -0.39 is 23.1 Å². The Hall–Kier alpha value is -1.70. The molecule has 1 aliphatic carbocycles. The largest absolute Gasteiger partial charge is 0.480 e. The quantitative estimate of drug-likeness (QED) is 0.587. The van der Waals surface area contributed by atoms with E-state index >= 15 is 0 Å². The third kappa shape index (κ3) is 2.62. The van der Waals surface area contributed by atoms with Crippen molar-refractivity contribution in [2.75, 3.05) is 0 Å². The normalized spacial score (nSPS) is 17.4. The van der Waals surface area contributed by atoms with E-state index in [0.29, 0.717) is 12.8 Å². The van der Waals surface area contributed by atoms with Gasteiger partial charge in [-0.2, -0.15) is 0 Å². The van der Waals surface area contributed by atoms with E-state index in [2.05, 4.69) is 16.6 Å². The fraction of sp³-hybridized carbons (Fsp3) is 0.600. The molecule has 1 saturated carbocycles. The third-order valence-corrected chi connectivity index (χ3v) is 2.30. The van der Waals surface area contributed by atoms with Crippen LogP contribution in [0.5, 0.6) is 0 Å². The fourth-order valence-electron chi connectivity index (χ4n) is 1.09. The van der Waals surface area contributed by atoms with E-state index in [1.165, 1.54) is 0 Å². The van der Waals surface area contributed by atoms with Crippen molar-refractivity contribution in [1.82, 2.24) is 10.6 Å². The van der Waals surface area contributed by atoms with Gasteiger partial charge in [0.05, 0.1) is 5.54 Å². The zero-order valence-electron chi connectivity index (χ0n) is 8.76. The zero-order valence-corrected chi connectivity index (χ0v) is 8.76. The smallest absolute Gasteiger partial charge is 0.329 e. The summed E-state index contributed by atoms with van der Waals surface area (Å²) in [5.41, 5.74) is -1.85. The van der Waals surface area contributed by atoms with Crippen molar-refractivity contribution in [1.29, 1.82) is 0 Å². The molecule has 15 heavy (non-hydrogen) atoms. The van der Waals surface area contributed by atoms with Crippen LogP contribution in [0.3, 0.4) is 0 Å². The molecular formula is C10H14N2O3. The Morgan fingerprint density at radius 2 is 2.00 bits per heavy atom. The second kappa shape index (κ2) is 3.46. The molecule has 0 aromatic heterocycles. The molecule has 2 amide bonds. The summed E-state index contributed by atoms with van der Waals surface area (Å²) in [6, 6.07) is -0.544. The number of terminal acetylenes is 1. The Morgan fingerprint density at radius 1 is 1.47 bits per heavy atom. The van der Waals surface area contributed by atoms with Crippen LogP contribution in [0.15, 0.2) is 0 Å². The number of nitrogens with one attached hydrogen (secondary N) is 2. The van der Waals surface area contributed by atoms with Gasteiger partial charge in [-0.3, -0.25) is 0 Å². The minimum absolute atomic E-state index is 0.465. The molecule has 0 radical (unpaired) electrons. The molecule has 0 aliphatic heterocycles. The highest BCUT2D eigenvalue weighted by molar-refractivity contribution is 5.89. The summed E-state index contributed by atoms with van der Waals surface area (Å²) >= 11 is 0. The van der Waals surface area contributed by atoms with Gasteiger partial charge in [0.2, 0.25) is 0 Å². The monoisotopic (exact) mass is 210 g/mol. The molecule has 0 atom stereocenters. The number of hydrogen-bond donors (Lipinski definition) is 3. The van der Waals surface area contributed by atoms with E-state index in [0.717, 1.165) is 0 Å². The lowest BCUT2D eigenvalue weighted by atomic mass is 10.1. The van der Waals surface area contributed by atoms with E-state index in [4.69, 9.17) is 11.5 Å². The van der Waals surface area contributed by atoms with Gasteiger partial charge in [0.25, 0.3) is 0 Å². The van der Waals surface area contributed by atoms with Gasteiger partial charge in [-0.1, -0.05) is 5.92 Å². The van der Waals surface area contributed by atoms with Crippen molar-refractivity contribution in [2.24, 2.45) is 0 Å². The molecule has 1 aliphatic rings. The standard InChI is InChI=1S/C10H14N2O3/c1-4-9(2,3)11-8(15)12-10(5-6-10)7(13)14/h1H,5-6H2,2-3H3,(H,13,14)(H2,11,12,15). The number of hydrogen-bond acceptors (Lipinski definition) is 2. The van der Waals surface area contributed by atoms with Gasteiger partial charge in [0, 0.05) is 0 Å². The summed E-state index contributed by atoms with van der Waals surface area (Å²) in [6.45, 7) is 3.32. The molecule has 1 fully saturated rings. The van der Waals surface area contributed by atoms with Gasteiger partial charge in [-0.15, -0.1) is 6.42 Å². The maximum absolute atomic E-state index is 11.4. The number of carbonyl (C=O) groups excluding carboxylic acids is 1. The SMILES string of the molecule is C#CC(C)(C)NC(=O)NC1(C(=O)O)CC1.